The Kier molecular flexibility index (Phi) is 4.50. The minimum atomic E-state index is -4.65. The molecule has 0 unspecified atom stereocenters. The molecule has 6 nitrogen and oxygen atoms in total. The molecule has 26 heavy (non-hydrogen) atoms. The molecule has 3 rings (SSSR count). The fourth-order valence-electron chi connectivity index (χ4n) is 1.97. The molecule has 0 aromatic carbocycles. The Hall–Kier alpha value is -2.44. The lowest BCUT2D eigenvalue weighted by molar-refractivity contribution is -0.154. The molecule has 0 fully saturated rings. The van der Waals surface area contributed by atoms with Crippen molar-refractivity contribution in [2.45, 2.75) is 11.0 Å². The third-order valence-electron chi connectivity index (χ3n) is 3.02. The monoisotopic (exact) mass is 441 g/mol. The van der Waals surface area contributed by atoms with Gasteiger partial charge >= 0.3 is 11.0 Å². The van der Waals surface area contributed by atoms with Gasteiger partial charge in [0.05, 0.1) is 11.9 Å². The van der Waals surface area contributed by atoms with E-state index < -0.39 is 35.1 Å². The summed E-state index contributed by atoms with van der Waals surface area (Å²) in [6.07, 6.45) is -1.41. The summed E-state index contributed by atoms with van der Waals surface area (Å²) in [5, 5.41) is 6.86. The molecule has 0 bridgehead atoms. The number of fused-ring (bicyclic) bond motifs is 1. The average molecular weight is 442 g/mol. The number of hydrogen-bond donors (Lipinski definition) is 0. The molecule has 0 aliphatic carbocycles. The van der Waals surface area contributed by atoms with Crippen LogP contribution in [0.2, 0.25) is 0 Å². The van der Waals surface area contributed by atoms with Crippen LogP contribution in [0.3, 0.4) is 0 Å². The van der Waals surface area contributed by atoms with Crippen LogP contribution < -0.4 is 4.74 Å². The number of pyridine rings is 1. The highest BCUT2D eigenvalue weighted by Crippen LogP contribution is 2.33. The molecular weight excluding hydrogens is 436 g/mol. The fraction of sp³-hybridized carbons (Fsp3) is 0.231. The summed E-state index contributed by atoms with van der Waals surface area (Å²) in [4.78, 5) is 3.91. The summed E-state index contributed by atoms with van der Waals surface area (Å²) in [7, 11) is 0. The third-order valence-corrected chi connectivity index (χ3v) is 3.38. The zero-order chi connectivity index (χ0) is 19.1. The molecular formula is C13H6BrF6N5O. The number of ether oxygens (including phenoxy) is 1. The second-order valence-corrected chi connectivity index (χ2v) is 5.93. The topological polar surface area (TPSA) is 65.2 Å². The second kappa shape index (κ2) is 6.37. The summed E-state index contributed by atoms with van der Waals surface area (Å²) in [5.74, 6) is -2.73. The lowest BCUT2D eigenvalue weighted by atomic mass is 10.2. The zero-order valence-corrected chi connectivity index (χ0v) is 13.9. The van der Waals surface area contributed by atoms with E-state index in [1.807, 2.05) is 0 Å². The zero-order valence-electron chi connectivity index (χ0n) is 12.3. The van der Waals surface area contributed by atoms with E-state index in [9.17, 15) is 26.3 Å². The van der Waals surface area contributed by atoms with Crippen LogP contribution in [0, 0.1) is 5.82 Å². The number of alkyl halides is 6. The van der Waals surface area contributed by atoms with Crippen molar-refractivity contribution in [2.75, 3.05) is 6.61 Å². The van der Waals surface area contributed by atoms with Crippen LogP contribution in [-0.4, -0.2) is 37.3 Å². The molecule has 0 atom stereocenters. The SMILES string of the molecule is Fc1cc(-c2cn3c(C(F)(F)Br)nnc3cn2)cnc1OCC(F)(F)F. The van der Waals surface area contributed by atoms with E-state index in [1.54, 1.807) is 0 Å². The minimum absolute atomic E-state index is 0.0152. The summed E-state index contributed by atoms with van der Waals surface area (Å²) in [5.41, 5.74) is 0.0619. The van der Waals surface area contributed by atoms with Gasteiger partial charge in [-0.3, -0.25) is 9.38 Å². The van der Waals surface area contributed by atoms with E-state index in [-0.39, 0.29) is 16.9 Å². The molecule has 3 aromatic rings. The molecule has 13 heteroatoms. The van der Waals surface area contributed by atoms with Gasteiger partial charge in [-0.05, 0) is 22.0 Å². The van der Waals surface area contributed by atoms with Gasteiger partial charge in [-0.1, -0.05) is 0 Å². The molecule has 0 radical (unpaired) electrons. The van der Waals surface area contributed by atoms with Crippen LogP contribution in [-0.2, 0) is 4.83 Å². The predicted molar refractivity (Wildman–Crippen MR) is 78.3 cm³/mol. The van der Waals surface area contributed by atoms with Gasteiger partial charge in [0.1, 0.15) is 0 Å². The van der Waals surface area contributed by atoms with Crippen molar-refractivity contribution in [3.8, 4) is 17.1 Å². The number of halogens is 7. The van der Waals surface area contributed by atoms with E-state index in [0.717, 1.165) is 29.1 Å². The molecule has 0 amide bonds. The summed E-state index contributed by atoms with van der Waals surface area (Å²) in [6, 6.07) is 0.823. The number of rotatable bonds is 4. The van der Waals surface area contributed by atoms with Crippen molar-refractivity contribution in [3.63, 3.8) is 0 Å². The first kappa shape index (κ1) is 18.4. The minimum Gasteiger partial charge on any atom is -0.466 e. The third kappa shape index (κ3) is 3.86. The maximum atomic E-state index is 13.9. The van der Waals surface area contributed by atoms with Gasteiger partial charge in [0.2, 0.25) is 5.82 Å². The highest BCUT2D eigenvalue weighted by molar-refractivity contribution is 9.09. The standard InChI is InChI=1S/C13H6BrF6N5O/c14-13(19,20)11-24-23-9-3-21-8(4-25(9)11)6-1-7(15)10(22-2-6)26-5-12(16,17)18/h1-4H,5H2. The van der Waals surface area contributed by atoms with Gasteiger partial charge < -0.3 is 4.74 Å². The van der Waals surface area contributed by atoms with E-state index >= 15 is 0 Å². The van der Waals surface area contributed by atoms with Crippen molar-refractivity contribution in [2.24, 2.45) is 0 Å². The van der Waals surface area contributed by atoms with E-state index in [2.05, 4.69) is 40.8 Å². The van der Waals surface area contributed by atoms with Crippen LogP contribution in [0.25, 0.3) is 16.9 Å². The smallest absolute Gasteiger partial charge is 0.422 e. The Morgan fingerprint density at radius 2 is 1.81 bits per heavy atom. The first-order valence-electron chi connectivity index (χ1n) is 6.68. The van der Waals surface area contributed by atoms with Gasteiger partial charge in [-0.2, -0.15) is 22.0 Å². The predicted octanol–water partition coefficient (Wildman–Crippen LogP) is 3.71. The largest absolute Gasteiger partial charge is 0.466 e. The van der Waals surface area contributed by atoms with Crippen LogP contribution >= 0.6 is 15.9 Å². The van der Waals surface area contributed by atoms with Crippen molar-refractivity contribution in [3.05, 3.63) is 36.3 Å². The Morgan fingerprint density at radius 3 is 2.42 bits per heavy atom. The Labute approximate surface area is 149 Å². The van der Waals surface area contributed by atoms with Gasteiger partial charge in [-0.25, -0.2) is 9.37 Å². The number of nitrogens with zero attached hydrogens (tertiary/aromatic N) is 5. The van der Waals surface area contributed by atoms with E-state index in [1.165, 1.54) is 0 Å². The number of hydrogen-bond acceptors (Lipinski definition) is 5. The molecule has 3 aromatic heterocycles. The Morgan fingerprint density at radius 1 is 1.08 bits per heavy atom. The summed E-state index contributed by atoms with van der Waals surface area (Å²) < 4.78 is 82.3. The molecule has 0 saturated heterocycles. The maximum Gasteiger partial charge on any atom is 0.422 e. The molecule has 3 heterocycles. The van der Waals surface area contributed by atoms with Gasteiger partial charge in [0, 0.05) is 18.0 Å². The van der Waals surface area contributed by atoms with E-state index in [4.69, 9.17) is 0 Å². The molecule has 138 valence electrons. The van der Waals surface area contributed by atoms with Crippen molar-refractivity contribution in [1.82, 2.24) is 24.6 Å². The van der Waals surface area contributed by atoms with Crippen molar-refractivity contribution >= 4 is 21.6 Å². The van der Waals surface area contributed by atoms with Gasteiger partial charge in [-0.15, -0.1) is 10.2 Å². The van der Waals surface area contributed by atoms with Gasteiger partial charge in [0.25, 0.3) is 5.88 Å². The second-order valence-electron chi connectivity index (χ2n) is 4.94. The normalized spacial score (nSPS) is 12.6. The molecule has 0 aliphatic heterocycles. The van der Waals surface area contributed by atoms with Crippen LogP contribution in [0.15, 0.2) is 24.7 Å². The molecule has 0 spiro atoms. The van der Waals surface area contributed by atoms with Crippen molar-refractivity contribution < 1.29 is 31.1 Å². The van der Waals surface area contributed by atoms with Crippen LogP contribution in [0.1, 0.15) is 5.82 Å². The summed E-state index contributed by atoms with van der Waals surface area (Å²) in [6.45, 7) is -1.70. The van der Waals surface area contributed by atoms with E-state index in [0.29, 0.717) is 0 Å². The van der Waals surface area contributed by atoms with Crippen LogP contribution in [0.4, 0.5) is 26.3 Å². The fourth-order valence-corrected chi connectivity index (χ4v) is 2.24. The number of aromatic nitrogens is 5. The highest BCUT2D eigenvalue weighted by atomic mass is 79.9. The average Bonchev–Trinajstić information content (AvgIpc) is 2.96. The Bertz CT molecular complexity index is 954. The van der Waals surface area contributed by atoms with Gasteiger partial charge in [0.15, 0.2) is 18.1 Å². The maximum absolute atomic E-state index is 13.9. The Balaban J connectivity index is 1.95. The van der Waals surface area contributed by atoms with Crippen LogP contribution in [0.5, 0.6) is 5.88 Å². The highest BCUT2D eigenvalue weighted by Gasteiger charge is 2.33. The summed E-state index contributed by atoms with van der Waals surface area (Å²) >= 11 is 2.16. The lowest BCUT2D eigenvalue weighted by Gasteiger charge is -2.10. The molecule has 0 aliphatic rings. The molecule has 0 N–H and O–H groups in total. The first-order chi connectivity index (χ1) is 12.0. The van der Waals surface area contributed by atoms with Crippen molar-refractivity contribution in [1.29, 1.82) is 0 Å². The first-order valence-corrected chi connectivity index (χ1v) is 7.47. The quantitative estimate of drug-likeness (QED) is 0.456. The lowest BCUT2D eigenvalue weighted by Crippen LogP contribution is -2.20. The molecule has 0 saturated carbocycles.